The molecule has 1 amide bonds. The van der Waals surface area contributed by atoms with Crippen LogP contribution in [0.4, 0.5) is 0 Å². The number of rotatable bonds is 3. The maximum Gasteiger partial charge on any atom is 0.262 e. The second-order valence-corrected chi connectivity index (χ2v) is 7.66. The van der Waals surface area contributed by atoms with Crippen LogP contribution in [0.2, 0.25) is 0 Å². The van der Waals surface area contributed by atoms with Gasteiger partial charge < -0.3 is 10.5 Å². The lowest BCUT2D eigenvalue weighted by Crippen LogP contribution is -2.50. The summed E-state index contributed by atoms with van der Waals surface area (Å²) >= 11 is 0. The van der Waals surface area contributed by atoms with E-state index >= 15 is 0 Å². The molecule has 2 saturated carbocycles. The highest BCUT2D eigenvalue weighted by Gasteiger charge is 2.65. The molecule has 1 heterocycles. The number of amides is 1. The number of aliphatic imine (C=N–C) groups is 1. The van der Waals surface area contributed by atoms with E-state index in [1.54, 1.807) is 14.2 Å². The van der Waals surface area contributed by atoms with Gasteiger partial charge in [0.2, 0.25) is 0 Å². The lowest BCUT2D eigenvalue weighted by molar-refractivity contribution is -0.135. The molecule has 0 spiro atoms. The van der Waals surface area contributed by atoms with E-state index in [2.05, 4.69) is 6.07 Å². The summed E-state index contributed by atoms with van der Waals surface area (Å²) in [5, 5.41) is 0. The number of carbonyl (C=O) groups is 1. The van der Waals surface area contributed by atoms with E-state index in [4.69, 9.17) is 15.5 Å². The zero-order chi connectivity index (χ0) is 17.1. The van der Waals surface area contributed by atoms with Crippen molar-refractivity contribution in [3.05, 3.63) is 29.3 Å². The monoisotopic (exact) mass is 327 g/mol. The average Bonchev–Trinajstić information content (AvgIpc) is 3.25. The van der Waals surface area contributed by atoms with Crippen molar-refractivity contribution in [3.8, 4) is 5.75 Å². The van der Waals surface area contributed by atoms with E-state index in [0.29, 0.717) is 5.96 Å². The number of likely N-dealkylation sites (N-methyl/N-ethyl adjacent to an activating group) is 1. The van der Waals surface area contributed by atoms with E-state index in [1.807, 2.05) is 19.1 Å². The SMILES string of the molecule is COc1ccc(C2(C34CCC(CC3)C4)N=C(N)N(C)C2=O)cc1C. The van der Waals surface area contributed by atoms with Gasteiger partial charge in [-0.15, -0.1) is 0 Å². The number of aryl methyl sites for hydroxylation is 1. The fourth-order valence-electron chi connectivity index (χ4n) is 5.29. The molecule has 128 valence electrons. The molecule has 1 aliphatic heterocycles. The van der Waals surface area contributed by atoms with E-state index in [9.17, 15) is 4.79 Å². The fourth-order valence-corrected chi connectivity index (χ4v) is 5.29. The number of fused-ring (bicyclic) bond motifs is 2. The second kappa shape index (κ2) is 4.98. The normalized spacial score (nSPS) is 34.8. The zero-order valence-corrected chi connectivity index (χ0v) is 14.6. The standard InChI is InChI=1S/C19H25N3O2/c1-12-10-14(4-5-15(12)24-3)19(16(23)22(2)17(20)21-19)18-8-6-13(11-18)7-9-18/h4-5,10,13H,6-9,11H2,1-3H3,(H2,20,21). The summed E-state index contributed by atoms with van der Waals surface area (Å²) in [5.74, 6) is 1.92. The fraction of sp³-hybridized carbons (Fsp3) is 0.579. The smallest absolute Gasteiger partial charge is 0.262 e. The quantitative estimate of drug-likeness (QED) is 0.928. The van der Waals surface area contributed by atoms with Crippen LogP contribution in [-0.2, 0) is 10.3 Å². The first-order chi connectivity index (χ1) is 11.4. The van der Waals surface area contributed by atoms with Crippen molar-refractivity contribution in [1.29, 1.82) is 0 Å². The van der Waals surface area contributed by atoms with Gasteiger partial charge in [-0.25, -0.2) is 4.99 Å². The molecule has 0 radical (unpaired) electrons. The van der Waals surface area contributed by atoms with E-state index in [0.717, 1.165) is 42.1 Å². The molecule has 24 heavy (non-hydrogen) atoms. The molecule has 1 aromatic rings. The summed E-state index contributed by atoms with van der Waals surface area (Å²) in [7, 11) is 3.40. The Morgan fingerprint density at radius 1 is 1.33 bits per heavy atom. The molecule has 1 aromatic carbocycles. The number of nitrogens with two attached hydrogens (primary N) is 1. The van der Waals surface area contributed by atoms with E-state index in [-0.39, 0.29) is 11.3 Å². The average molecular weight is 327 g/mol. The molecular formula is C19H25N3O2. The minimum absolute atomic E-state index is 0.0205. The number of methoxy groups -OCH3 is 1. The Hall–Kier alpha value is -2.04. The van der Waals surface area contributed by atoms with Gasteiger partial charge in [0, 0.05) is 12.5 Å². The van der Waals surface area contributed by atoms with Crippen LogP contribution in [0.3, 0.4) is 0 Å². The van der Waals surface area contributed by atoms with Crippen molar-refractivity contribution in [2.24, 2.45) is 22.1 Å². The highest BCUT2D eigenvalue weighted by molar-refractivity contribution is 6.07. The summed E-state index contributed by atoms with van der Waals surface area (Å²) in [6.45, 7) is 2.01. The topological polar surface area (TPSA) is 67.9 Å². The Morgan fingerprint density at radius 2 is 2.04 bits per heavy atom. The van der Waals surface area contributed by atoms with Gasteiger partial charge in [-0.3, -0.25) is 9.69 Å². The molecule has 2 N–H and O–H groups in total. The second-order valence-electron chi connectivity index (χ2n) is 7.66. The molecule has 2 aliphatic carbocycles. The minimum atomic E-state index is -0.867. The van der Waals surface area contributed by atoms with Gasteiger partial charge in [-0.2, -0.15) is 0 Å². The van der Waals surface area contributed by atoms with Crippen molar-refractivity contribution in [3.63, 3.8) is 0 Å². The van der Waals surface area contributed by atoms with Crippen LogP contribution in [0.15, 0.2) is 23.2 Å². The number of nitrogens with zero attached hydrogens (tertiary/aromatic N) is 2. The van der Waals surface area contributed by atoms with Crippen LogP contribution >= 0.6 is 0 Å². The lowest BCUT2D eigenvalue weighted by atomic mass is 9.63. The molecular weight excluding hydrogens is 302 g/mol. The number of benzene rings is 1. The minimum Gasteiger partial charge on any atom is -0.496 e. The van der Waals surface area contributed by atoms with Crippen LogP contribution in [0.5, 0.6) is 5.75 Å². The summed E-state index contributed by atoms with van der Waals surface area (Å²) in [5.41, 5.74) is 7.12. The molecule has 5 heteroatoms. The third-order valence-electron chi connectivity index (χ3n) is 6.56. The summed E-state index contributed by atoms with van der Waals surface area (Å²) in [6, 6.07) is 6.01. The third kappa shape index (κ3) is 1.75. The molecule has 5 nitrogen and oxygen atoms in total. The largest absolute Gasteiger partial charge is 0.496 e. The predicted octanol–water partition coefficient (Wildman–Crippen LogP) is 2.57. The first-order valence-corrected chi connectivity index (χ1v) is 8.72. The predicted molar refractivity (Wildman–Crippen MR) is 92.8 cm³/mol. The van der Waals surface area contributed by atoms with Crippen LogP contribution in [-0.4, -0.2) is 30.9 Å². The Balaban J connectivity index is 1.93. The van der Waals surface area contributed by atoms with Gasteiger partial charge in [-0.1, -0.05) is 6.07 Å². The van der Waals surface area contributed by atoms with Gasteiger partial charge in [0.1, 0.15) is 5.75 Å². The van der Waals surface area contributed by atoms with Gasteiger partial charge in [-0.05, 0) is 68.2 Å². The van der Waals surface area contributed by atoms with Crippen LogP contribution < -0.4 is 10.5 Å². The molecule has 0 saturated heterocycles. The number of guanidine groups is 1. The highest BCUT2D eigenvalue weighted by Crippen LogP contribution is 2.65. The molecule has 1 atom stereocenters. The molecule has 1 unspecified atom stereocenters. The Labute approximate surface area is 142 Å². The maximum atomic E-state index is 13.4. The molecule has 4 rings (SSSR count). The van der Waals surface area contributed by atoms with Gasteiger partial charge in [0.25, 0.3) is 5.91 Å². The summed E-state index contributed by atoms with van der Waals surface area (Å²) in [6.07, 6.45) is 5.58. The molecule has 2 bridgehead atoms. The van der Waals surface area contributed by atoms with Crippen molar-refractivity contribution < 1.29 is 9.53 Å². The molecule has 2 fully saturated rings. The van der Waals surface area contributed by atoms with Crippen molar-refractivity contribution in [2.45, 2.75) is 44.6 Å². The third-order valence-corrected chi connectivity index (χ3v) is 6.56. The number of ether oxygens (including phenoxy) is 1. The Morgan fingerprint density at radius 3 is 2.50 bits per heavy atom. The number of hydrogen-bond donors (Lipinski definition) is 1. The van der Waals surface area contributed by atoms with E-state index in [1.165, 1.54) is 17.7 Å². The van der Waals surface area contributed by atoms with Crippen LogP contribution in [0, 0.1) is 18.3 Å². The lowest BCUT2D eigenvalue weighted by Gasteiger charge is -2.42. The zero-order valence-electron chi connectivity index (χ0n) is 14.6. The van der Waals surface area contributed by atoms with Crippen LogP contribution in [0.25, 0.3) is 0 Å². The first-order valence-electron chi connectivity index (χ1n) is 8.72. The number of hydrogen-bond acceptors (Lipinski definition) is 4. The Bertz CT molecular complexity index is 734. The van der Waals surface area contributed by atoms with Gasteiger partial charge in [0.05, 0.1) is 7.11 Å². The van der Waals surface area contributed by atoms with Crippen molar-refractivity contribution in [1.82, 2.24) is 4.90 Å². The van der Waals surface area contributed by atoms with Crippen molar-refractivity contribution >= 4 is 11.9 Å². The van der Waals surface area contributed by atoms with Gasteiger partial charge in [0.15, 0.2) is 11.5 Å². The molecule has 0 aromatic heterocycles. The summed E-state index contributed by atoms with van der Waals surface area (Å²) in [4.78, 5) is 19.7. The highest BCUT2D eigenvalue weighted by atomic mass is 16.5. The van der Waals surface area contributed by atoms with E-state index < -0.39 is 5.54 Å². The molecule has 3 aliphatic rings. The Kier molecular flexibility index (Phi) is 3.21. The van der Waals surface area contributed by atoms with Crippen LogP contribution in [0.1, 0.15) is 43.2 Å². The number of carbonyl (C=O) groups excluding carboxylic acids is 1. The maximum absolute atomic E-state index is 13.4. The van der Waals surface area contributed by atoms with Gasteiger partial charge >= 0.3 is 0 Å². The summed E-state index contributed by atoms with van der Waals surface area (Å²) < 4.78 is 5.39. The van der Waals surface area contributed by atoms with Crippen molar-refractivity contribution in [2.75, 3.05) is 14.2 Å². The first kappa shape index (κ1) is 15.5.